The summed E-state index contributed by atoms with van der Waals surface area (Å²) in [7, 11) is 4.34. The maximum absolute atomic E-state index is 6.99. The van der Waals surface area contributed by atoms with E-state index in [9.17, 15) is 0 Å². The maximum atomic E-state index is 6.99. The molecule has 0 aromatic heterocycles. The molecule has 0 aliphatic rings. The van der Waals surface area contributed by atoms with E-state index in [1.165, 1.54) is 193 Å². The quantitative estimate of drug-likeness (QED) is 0.0466. The second-order valence-electron chi connectivity index (χ2n) is 11.8. The molecule has 0 bridgehead atoms. The van der Waals surface area contributed by atoms with Crippen LogP contribution >= 0.6 is 0 Å². The lowest BCUT2D eigenvalue weighted by atomic mass is 10.0. The molecule has 0 aliphatic heterocycles. The molecule has 0 fully saturated rings. The van der Waals surface area contributed by atoms with Gasteiger partial charge in [0.05, 0.1) is 27.2 Å². The summed E-state index contributed by atoms with van der Waals surface area (Å²) in [6.07, 6.45) is 40.9. The molecular formula is C36H78N6. The highest BCUT2D eigenvalue weighted by Gasteiger charge is 1.95. The van der Waals surface area contributed by atoms with Crippen molar-refractivity contribution in [3.05, 3.63) is 10.8 Å². The van der Waals surface area contributed by atoms with Gasteiger partial charge in [-0.3, -0.25) is 0 Å². The standard InChI is InChI=1S/2C17H37N.2CHN2/c2*1-3-4-5-6-7-8-9-10-11-12-13-14-15-16-17-18-2;2*2-1-3/h2*18H,3-17H2,1-2H3;2*2H/q;;2*-1/p+2. The average Bonchev–Trinajstić information content (AvgIpc) is 2.99. The number of nitrogens with two attached hydrogens (primary N) is 2. The molecule has 0 rings (SSSR count). The molecule has 0 radical (unpaired) electrons. The molecule has 6 nitrogen and oxygen atoms in total. The Morgan fingerprint density at radius 2 is 0.500 bits per heavy atom. The predicted molar refractivity (Wildman–Crippen MR) is 188 cm³/mol. The molecule has 0 aromatic rings. The van der Waals surface area contributed by atoms with Crippen LogP contribution in [-0.4, -0.2) is 39.2 Å². The highest BCUT2D eigenvalue weighted by Crippen LogP contribution is 2.14. The Morgan fingerprint density at radius 1 is 0.357 bits per heavy atom. The van der Waals surface area contributed by atoms with Gasteiger partial charge in [0.15, 0.2) is 0 Å². The highest BCUT2D eigenvalue weighted by molar-refractivity contribution is 5.39. The van der Waals surface area contributed by atoms with Gasteiger partial charge in [0.1, 0.15) is 0 Å². The van der Waals surface area contributed by atoms with Crippen molar-refractivity contribution in [3.63, 3.8) is 0 Å². The zero-order valence-electron chi connectivity index (χ0n) is 29.3. The van der Waals surface area contributed by atoms with Crippen LogP contribution in [0.5, 0.6) is 0 Å². The molecule has 0 aliphatic carbocycles. The molecule has 0 aromatic carbocycles. The summed E-state index contributed by atoms with van der Waals surface area (Å²) in [6.45, 7) is 7.22. The lowest BCUT2D eigenvalue weighted by Gasteiger charge is -2.02. The minimum Gasteiger partial charge on any atom is -0.447 e. The van der Waals surface area contributed by atoms with Gasteiger partial charge in [-0.2, -0.15) is 12.0 Å². The summed E-state index contributed by atoms with van der Waals surface area (Å²) in [4.78, 5) is 0. The van der Waals surface area contributed by atoms with Crippen LogP contribution in [0.2, 0.25) is 0 Å². The number of nitrogens with one attached hydrogen (secondary N) is 2. The van der Waals surface area contributed by atoms with Gasteiger partial charge < -0.3 is 32.3 Å². The Labute approximate surface area is 264 Å². The monoisotopic (exact) mass is 595 g/mol. The van der Waals surface area contributed by atoms with E-state index in [-0.39, 0.29) is 0 Å². The van der Waals surface area contributed by atoms with Gasteiger partial charge in [-0.15, -0.1) is 0 Å². The lowest BCUT2D eigenvalue weighted by molar-refractivity contribution is -0.627. The van der Waals surface area contributed by atoms with Crippen molar-refractivity contribution < 1.29 is 10.6 Å². The summed E-state index contributed by atoms with van der Waals surface area (Å²) in [6, 6.07) is 2.00. The molecule has 0 amide bonds. The van der Waals surface area contributed by atoms with Gasteiger partial charge in [0.2, 0.25) is 0 Å². The molecular weight excluding hydrogens is 516 g/mol. The van der Waals surface area contributed by atoms with Gasteiger partial charge >= 0.3 is 0 Å². The first-order valence-corrected chi connectivity index (χ1v) is 18.3. The third-order valence-electron chi connectivity index (χ3n) is 7.69. The number of quaternary nitrogens is 2. The Morgan fingerprint density at radius 3 is 0.643 bits per heavy atom. The molecule has 0 unspecified atom stereocenters. The SMILES string of the molecule is CCCCCCCCCCCCCCCC[NH2+]C.CCCCCCCCCCCCCCCC[NH2+]C.[N-]=C=N.[N-]=C=N. The average molecular weight is 595 g/mol. The topological polar surface area (TPSA) is 126 Å². The van der Waals surface area contributed by atoms with Crippen LogP contribution < -0.4 is 10.6 Å². The summed E-state index contributed by atoms with van der Waals surface area (Å²) in [5, 5.41) is 29.6. The van der Waals surface area contributed by atoms with Crippen LogP contribution in [0.4, 0.5) is 0 Å². The fourth-order valence-corrected chi connectivity index (χ4v) is 5.09. The molecule has 0 atom stereocenters. The van der Waals surface area contributed by atoms with Gasteiger partial charge in [0.25, 0.3) is 0 Å². The van der Waals surface area contributed by atoms with Crippen LogP contribution in [0.1, 0.15) is 194 Å². The number of hydrogen-bond donors (Lipinski definition) is 4. The molecule has 0 heterocycles. The third kappa shape index (κ3) is 66.8. The first kappa shape index (κ1) is 47.6. The fraction of sp³-hybridized carbons (Fsp3) is 0.944. The molecule has 252 valence electrons. The predicted octanol–water partition coefficient (Wildman–Crippen LogP) is 9.94. The Bertz CT molecular complexity index is 409. The Balaban J connectivity index is -0.000000289. The molecule has 6 N–H and O–H groups in total. The minimum absolute atomic E-state index is 1.00. The van der Waals surface area contributed by atoms with Crippen molar-refractivity contribution in [3.8, 4) is 0 Å². The van der Waals surface area contributed by atoms with E-state index in [4.69, 9.17) is 21.6 Å². The Hall–Kier alpha value is -1.32. The second kappa shape index (κ2) is 55.6. The normalized spacial score (nSPS) is 9.81. The smallest absolute Gasteiger partial charge is 0.0753 e. The minimum atomic E-state index is 1.00. The van der Waals surface area contributed by atoms with E-state index in [0.717, 1.165) is 12.0 Å². The zero-order valence-corrected chi connectivity index (χ0v) is 29.3. The van der Waals surface area contributed by atoms with Crippen molar-refractivity contribution in [2.45, 2.75) is 194 Å². The van der Waals surface area contributed by atoms with Crippen molar-refractivity contribution in [2.75, 3.05) is 27.2 Å². The van der Waals surface area contributed by atoms with E-state index in [0.29, 0.717) is 0 Å². The summed E-state index contributed by atoms with van der Waals surface area (Å²) in [5.74, 6) is 0. The molecule has 0 saturated carbocycles. The van der Waals surface area contributed by atoms with Crippen molar-refractivity contribution >= 4 is 12.0 Å². The fourth-order valence-electron chi connectivity index (χ4n) is 5.09. The first-order chi connectivity index (χ1) is 20.7. The molecule has 6 heteroatoms. The third-order valence-corrected chi connectivity index (χ3v) is 7.69. The van der Waals surface area contributed by atoms with Crippen LogP contribution in [-0.2, 0) is 0 Å². The summed E-state index contributed by atoms with van der Waals surface area (Å²) >= 11 is 0. The van der Waals surface area contributed by atoms with Gasteiger partial charge in [0, 0.05) is 0 Å². The van der Waals surface area contributed by atoms with Crippen LogP contribution in [0, 0.1) is 10.8 Å². The van der Waals surface area contributed by atoms with Crippen molar-refractivity contribution in [2.24, 2.45) is 0 Å². The van der Waals surface area contributed by atoms with Gasteiger partial charge in [-0.25, -0.2) is 0 Å². The zero-order chi connectivity index (χ0) is 32.0. The van der Waals surface area contributed by atoms with Gasteiger partial charge in [-0.05, 0) is 25.7 Å². The van der Waals surface area contributed by atoms with Crippen LogP contribution in [0.15, 0.2) is 0 Å². The first-order valence-electron chi connectivity index (χ1n) is 18.3. The van der Waals surface area contributed by atoms with Gasteiger partial charge in [-0.1, -0.05) is 168 Å². The maximum Gasteiger partial charge on any atom is 0.0753 e. The van der Waals surface area contributed by atoms with E-state index in [1.54, 1.807) is 0 Å². The number of rotatable bonds is 30. The lowest BCUT2D eigenvalue weighted by Crippen LogP contribution is -2.79. The highest BCUT2D eigenvalue weighted by atomic mass is 14.8. The van der Waals surface area contributed by atoms with Crippen molar-refractivity contribution in [1.82, 2.24) is 0 Å². The summed E-state index contributed by atoms with van der Waals surface area (Å²) < 4.78 is 0. The van der Waals surface area contributed by atoms with Crippen LogP contribution in [0.25, 0.3) is 10.8 Å². The summed E-state index contributed by atoms with van der Waals surface area (Å²) in [5.41, 5.74) is 0. The van der Waals surface area contributed by atoms with E-state index in [2.05, 4.69) is 38.6 Å². The second-order valence-corrected chi connectivity index (χ2v) is 11.8. The number of hydrogen-bond acceptors (Lipinski definition) is 2. The number of unbranched alkanes of at least 4 members (excludes halogenated alkanes) is 26. The molecule has 42 heavy (non-hydrogen) atoms. The number of nitrogens with zero attached hydrogens (tertiary/aromatic N) is 2. The van der Waals surface area contributed by atoms with E-state index in [1.807, 2.05) is 0 Å². The van der Waals surface area contributed by atoms with Crippen LogP contribution in [0.3, 0.4) is 0 Å². The largest absolute Gasteiger partial charge is 0.447 e. The van der Waals surface area contributed by atoms with E-state index < -0.39 is 0 Å². The molecule has 0 saturated heterocycles. The Kier molecular flexibility index (Phi) is 63.0. The van der Waals surface area contributed by atoms with Crippen molar-refractivity contribution in [1.29, 1.82) is 10.8 Å². The van der Waals surface area contributed by atoms with E-state index >= 15 is 0 Å². The molecule has 0 spiro atoms.